The summed E-state index contributed by atoms with van der Waals surface area (Å²) in [6, 6.07) is 10.8. The smallest absolute Gasteiger partial charge is 0.236 e. The highest BCUT2D eigenvalue weighted by atomic mass is 35.5. The highest BCUT2D eigenvalue weighted by Gasteiger charge is 2.23. The van der Waals surface area contributed by atoms with E-state index in [1.54, 1.807) is 0 Å². The van der Waals surface area contributed by atoms with Gasteiger partial charge in [-0.25, -0.2) is 0 Å². The van der Waals surface area contributed by atoms with E-state index < -0.39 is 0 Å². The fourth-order valence-corrected chi connectivity index (χ4v) is 2.87. The largest absolute Gasteiger partial charge is 0.338 e. The fraction of sp³-hybridized carbons (Fsp3) is 0.588. The minimum absolute atomic E-state index is 0. The molecule has 0 aromatic heterocycles. The van der Waals surface area contributed by atoms with Crippen LogP contribution in [-0.4, -0.2) is 55.5 Å². The van der Waals surface area contributed by atoms with E-state index in [-0.39, 0.29) is 24.4 Å². The van der Waals surface area contributed by atoms with Gasteiger partial charge in [0, 0.05) is 13.1 Å². The molecular weight excluding hydrogens is 298 g/mol. The quantitative estimate of drug-likeness (QED) is 0.902. The van der Waals surface area contributed by atoms with Crippen LogP contribution in [0.2, 0.25) is 0 Å². The van der Waals surface area contributed by atoms with Crippen LogP contribution in [-0.2, 0) is 4.79 Å². The third-order valence-corrected chi connectivity index (χ3v) is 4.57. The molecule has 1 atom stereocenters. The lowest BCUT2D eigenvalue weighted by Gasteiger charge is -2.33. The SMILES string of the molecule is CC(c1ccccc1)N(C)C(=O)CN(C)C1CCNCC1.Cl. The lowest BCUT2D eigenvalue weighted by Crippen LogP contribution is -2.46. The zero-order valence-electron chi connectivity index (χ0n) is 13.8. The molecule has 0 radical (unpaired) electrons. The number of amides is 1. The van der Waals surface area contributed by atoms with Crippen molar-refractivity contribution < 1.29 is 4.79 Å². The molecule has 0 saturated carbocycles. The number of nitrogens with zero attached hydrogens (tertiary/aromatic N) is 2. The molecule has 22 heavy (non-hydrogen) atoms. The molecule has 1 amide bonds. The summed E-state index contributed by atoms with van der Waals surface area (Å²) in [5.74, 6) is 0.187. The van der Waals surface area contributed by atoms with Crippen molar-refractivity contribution in [1.29, 1.82) is 0 Å². The first-order chi connectivity index (χ1) is 10.1. The van der Waals surface area contributed by atoms with Crippen molar-refractivity contribution in [2.75, 3.05) is 33.7 Å². The maximum Gasteiger partial charge on any atom is 0.236 e. The topological polar surface area (TPSA) is 35.6 Å². The molecule has 2 rings (SSSR count). The van der Waals surface area contributed by atoms with Crippen LogP contribution < -0.4 is 5.32 Å². The molecule has 1 heterocycles. The number of benzene rings is 1. The van der Waals surface area contributed by atoms with E-state index in [1.807, 2.05) is 30.1 Å². The van der Waals surface area contributed by atoms with Gasteiger partial charge in [-0.1, -0.05) is 30.3 Å². The Bertz CT molecular complexity index is 448. The average molecular weight is 326 g/mol. The third-order valence-electron chi connectivity index (χ3n) is 4.57. The molecule has 1 fully saturated rings. The third kappa shape index (κ3) is 4.97. The van der Waals surface area contributed by atoms with Gasteiger partial charge < -0.3 is 10.2 Å². The highest BCUT2D eigenvalue weighted by Crippen LogP contribution is 2.19. The Labute approximate surface area is 140 Å². The van der Waals surface area contributed by atoms with E-state index in [0.29, 0.717) is 12.6 Å². The number of hydrogen-bond acceptors (Lipinski definition) is 3. The summed E-state index contributed by atoms with van der Waals surface area (Å²) in [6.07, 6.45) is 2.25. The van der Waals surface area contributed by atoms with Crippen LogP contribution in [0, 0.1) is 0 Å². The maximum atomic E-state index is 12.5. The number of likely N-dealkylation sites (N-methyl/N-ethyl adjacent to an activating group) is 2. The zero-order chi connectivity index (χ0) is 15.2. The van der Waals surface area contributed by atoms with Crippen LogP contribution in [0.4, 0.5) is 0 Å². The molecule has 1 saturated heterocycles. The Morgan fingerprint density at radius 3 is 2.41 bits per heavy atom. The number of carbonyl (C=O) groups excluding carboxylic acids is 1. The lowest BCUT2D eigenvalue weighted by atomic mass is 10.1. The molecule has 1 aliphatic rings. The summed E-state index contributed by atoms with van der Waals surface area (Å²) in [6.45, 7) is 4.69. The van der Waals surface area contributed by atoms with Gasteiger partial charge in [-0.3, -0.25) is 9.69 Å². The second kappa shape index (κ2) is 9.13. The van der Waals surface area contributed by atoms with Gasteiger partial charge >= 0.3 is 0 Å². The molecule has 4 nitrogen and oxygen atoms in total. The van der Waals surface area contributed by atoms with Crippen LogP contribution in [0.25, 0.3) is 0 Å². The van der Waals surface area contributed by atoms with Crippen molar-refractivity contribution in [2.24, 2.45) is 0 Å². The van der Waals surface area contributed by atoms with Gasteiger partial charge in [-0.2, -0.15) is 0 Å². The summed E-state index contributed by atoms with van der Waals surface area (Å²) in [4.78, 5) is 16.5. The Morgan fingerprint density at radius 1 is 1.23 bits per heavy atom. The van der Waals surface area contributed by atoms with Gasteiger partial charge in [0.1, 0.15) is 0 Å². The highest BCUT2D eigenvalue weighted by molar-refractivity contribution is 5.85. The monoisotopic (exact) mass is 325 g/mol. The maximum absolute atomic E-state index is 12.5. The van der Waals surface area contributed by atoms with E-state index >= 15 is 0 Å². The van der Waals surface area contributed by atoms with Crippen molar-refractivity contribution in [3.63, 3.8) is 0 Å². The predicted octanol–water partition coefficient (Wildman–Crippen LogP) is 2.31. The number of rotatable bonds is 5. The van der Waals surface area contributed by atoms with Crippen molar-refractivity contribution in [3.05, 3.63) is 35.9 Å². The van der Waals surface area contributed by atoms with Gasteiger partial charge in [0.2, 0.25) is 5.91 Å². The molecule has 1 N–H and O–H groups in total. The molecule has 1 aromatic carbocycles. The minimum Gasteiger partial charge on any atom is -0.338 e. The molecular formula is C17H28ClN3O. The number of nitrogens with one attached hydrogen (secondary N) is 1. The van der Waals surface area contributed by atoms with Crippen molar-refractivity contribution >= 4 is 18.3 Å². The Balaban J connectivity index is 0.00000242. The molecule has 1 unspecified atom stereocenters. The van der Waals surface area contributed by atoms with Crippen LogP contribution in [0.15, 0.2) is 30.3 Å². The Kier molecular flexibility index (Phi) is 7.87. The van der Waals surface area contributed by atoms with Crippen LogP contribution in [0.1, 0.15) is 31.4 Å². The summed E-state index contributed by atoms with van der Waals surface area (Å²) >= 11 is 0. The second-order valence-electron chi connectivity index (χ2n) is 5.99. The first-order valence-corrected chi connectivity index (χ1v) is 7.81. The van der Waals surface area contributed by atoms with E-state index in [2.05, 4.69) is 36.3 Å². The number of carbonyl (C=O) groups is 1. The van der Waals surface area contributed by atoms with Crippen molar-refractivity contribution in [2.45, 2.75) is 31.8 Å². The first-order valence-electron chi connectivity index (χ1n) is 7.81. The standard InChI is InChI=1S/C17H27N3O.ClH/c1-14(15-7-5-4-6-8-15)20(3)17(21)13-19(2)16-9-11-18-12-10-16;/h4-8,14,16,18H,9-13H2,1-3H3;1H. The second-order valence-corrected chi connectivity index (χ2v) is 5.99. The minimum atomic E-state index is 0. The van der Waals surface area contributed by atoms with E-state index in [9.17, 15) is 4.79 Å². The zero-order valence-corrected chi connectivity index (χ0v) is 14.6. The summed E-state index contributed by atoms with van der Waals surface area (Å²) < 4.78 is 0. The van der Waals surface area contributed by atoms with Crippen LogP contribution in [0.3, 0.4) is 0 Å². The number of hydrogen-bond donors (Lipinski definition) is 1. The molecule has 124 valence electrons. The summed E-state index contributed by atoms with van der Waals surface area (Å²) in [5, 5.41) is 3.36. The van der Waals surface area contributed by atoms with Gasteiger partial charge in [0.15, 0.2) is 0 Å². The normalized spacial score (nSPS) is 16.9. The van der Waals surface area contributed by atoms with Gasteiger partial charge in [0.05, 0.1) is 12.6 Å². The predicted molar refractivity (Wildman–Crippen MR) is 93.4 cm³/mol. The van der Waals surface area contributed by atoms with Crippen molar-refractivity contribution in [3.8, 4) is 0 Å². The fourth-order valence-electron chi connectivity index (χ4n) is 2.87. The lowest BCUT2D eigenvalue weighted by molar-refractivity contribution is -0.133. The molecule has 1 aliphatic heterocycles. The molecule has 5 heteroatoms. The van der Waals surface area contributed by atoms with Gasteiger partial charge in [-0.15, -0.1) is 12.4 Å². The number of piperidine rings is 1. The van der Waals surface area contributed by atoms with Crippen LogP contribution >= 0.6 is 12.4 Å². The van der Waals surface area contributed by atoms with Gasteiger partial charge in [0.25, 0.3) is 0 Å². The number of halogens is 1. The Hall–Kier alpha value is -1.10. The molecule has 0 aliphatic carbocycles. The summed E-state index contributed by atoms with van der Waals surface area (Å²) in [5.41, 5.74) is 1.18. The molecule has 0 spiro atoms. The Morgan fingerprint density at radius 2 is 1.82 bits per heavy atom. The van der Waals surface area contributed by atoms with E-state index in [4.69, 9.17) is 0 Å². The van der Waals surface area contributed by atoms with Crippen molar-refractivity contribution in [1.82, 2.24) is 15.1 Å². The molecule has 1 aromatic rings. The average Bonchev–Trinajstić information content (AvgIpc) is 2.55. The van der Waals surface area contributed by atoms with Gasteiger partial charge in [-0.05, 0) is 45.5 Å². The first kappa shape index (κ1) is 18.9. The van der Waals surface area contributed by atoms with E-state index in [0.717, 1.165) is 25.9 Å². The summed E-state index contributed by atoms with van der Waals surface area (Å²) in [7, 11) is 3.96. The molecule has 0 bridgehead atoms. The van der Waals surface area contributed by atoms with Crippen LogP contribution in [0.5, 0.6) is 0 Å². The van der Waals surface area contributed by atoms with E-state index in [1.165, 1.54) is 5.56 Å².